The zero-order valence-corrected chi connectivity index (χ0v) is 17.9. The molecule has 1 saturated heterocycles. The van der Waals surface area contributed by atoms with Crippen LogP contribution in [0.1, 0.15) is 22.7 Å². The van der Waals surface area contributed by atoms with Crippen LogP contribution < -0.4 is 14.8 Å². The van der Waals surface area contributed by atoms with Crippen molar-refractivity contribution in [3.05, 3.63) is 65.2 Å². The van der Waals surface area contributed by atoms with Crippen molar-refractivity contribution in [2.24, 2.45) is 0 Å². The lowest BCUT2D eigenvalue weighted by molar-refractivity contribution is -0.117. The molecule has 2 aromatic rings. The highest BCUT2D eigenvalue weighted by atomic mass is 16.5. The first-order valence-corrected chi connectivity index (χ1v) is 10.2. The fourth-order valence-electron chi connectivity index (χ4n) is 3.42. The predicted octanol–water partition coefficient (Wildman–Crippen LogP) is 3.22. The summed E-state index contributed by atoms with van der Waals surface area (Å²) in [5.41, 5.74) is 3.10. The van der Waals surface area contributed by atoms with E-state index in [2.05, 4.69) is 41.4 Å². The first-order valence-electron chi connectivity index (χ1n) is 10.2. The van der Waals surface area contributed by atoms with Gasteiger partial charge in [-0.2, -0.15) is 0 Å². The summed E-state index contributed by atoms with van der Waals surface area (Å²) >= 11 is 0. The van der Waals surface area contributed by atoms with Crippen molar-refractivity contribution in [3.63, 3.8) is 0 Å². The monoisotopic (exact) mass is 410 g/mol. The second-order valence-electron chi connectivity index (χ2n) is 7.33. The van der Waals surface area contributed by atoms with E-state index in [9.17, 15) is 4.79 Å². The smallest absolute Gasteiger partial charge is 0.244 e. The SMILES string of the molecule is COc1ccc(/C=C/C(=O)N[C@H](CN2CCOCC2)c2ccc(C)cc2)c(OC)c1. The Kier molecular flexibility index (Phi) is 7.88. The van der Waals surface area contributed by atoms with Crippen molar-refractivity contribution in [1.29, 1.82) is 0 Å². The summed E-state index contributed by atoms with van der Waals surface area (Å²) in [6.45, 7) is 6.01. The molecule has 1 aliphatic heterocycles. The fraction of sp³-hybridized carbons (Fsp3) is 0.375. The van der Waals surface area contributed by atoms with Crippen LogP contribution in [0.15, 0.2) is 48.5 Å². The molecule has 1 atom stereocenters. The number of nitrogens with zero attached hydrogens (tertiary/aromatic N) is 1. The number of ether oxygens (including phenoxy) is 3. The number of carbonyl (C=O) groups excluding carboxylic acids is 1. The molecule has 0 saturated carbocycles. The Morgan fingerprint density at radius 1 is 1.13 bits per heavy atom. The molecular formula is C24H30N2O4. The summed E-state index contributed by atoms with van der Waals surface area (Å²) in [5.74, 6) is 1.21. The minimum atomic E-state index is -0.147. The van der Waals surface area contributed by atoms with Crippen LogP contribution in [-0.4, -0.2) is 57.9 Å². The lowest BCUT2D eigenvalue weighted by Crippen LogP contribution is -2.42. The van der Waals surface area contributed by atoms with E-state index in [0.29, 0.717) is 11.5 Å². The van der Waals surface area contributed by atoms with Crippen molar-refractivity contribution in [3.8, 4) is 11.5 Å². The number of hydrogen-bond acceptors (Lipinski definition) is 5. The Morgan fingerprint density at radius 2 is 1.87 bits per heavy atom. The molecule has 1 heterocycles. The summed E-state index contributed by atoms with van der Waals surface area (Å²) in [6.07, 6.45) is 3.30. The number of aryl methyl sites for hydroxylation is 1. The van der Waals surface area contributed by atoms with Crippen LogP contribution in [0.25, 0.3) is 6.08 Å². The second-order valence-corrected chi connectivity index (χ2v) is 7.33. The molecule has 1 aliphatic rings. The van der Waals surface area contributed by atoms with E-state index in [1.54, 1.807) is 32.4 Å². The van der Waals surface area contributed by atoms with E-state index in [-0.39, 0.29) is 11.9 Å². The maximum atomic E-state index is 12.7. The Bertz CT molecular complexity index is 858. The van der Waals surface area contributed by atoms with Gasteiger partial charge in [0.25, 0.3) is 0 Å². The average molecular weight is 411 g/mol. The molecule has 1 N–H and O–H groups in total. The van der Waals surface area contributed by atoms with Gasteiger partial charge in [-0.1, -0.05) is 29.8 Å². The van der Waals surface area contributed by atoms with Crippen molar-refractivity contribution < 1.29 is 19.0 Å². The molecule has 160 valence electrons. The van der Waals surface area contributed by atoms with Crippen LogP contribution >= 0.6 is 0 Å². The molecule has 0 aromatic heterocycles. The summed E-state index contributed by atoms with van der Waals surface area (Å²) < 4.78 is 16.1. The molecule has 0 bridgehead atoms. The van der Waals surface area contributed by atoms with Crippen LogP contribution in [-0.2, 0) is 9.53 Å². The normalized spacial score (nSPS) is 15.7. The fourth-order valence-corrected chi connectivity index (χ4v) is 3.42. The Balaban J connectivity index is 1.72. The molecular weight excluding hydrogens is 380 g/mol. The molecule has 0 spiro atoms. The lowest BCUT2D eigenvalue weighted by atomic mass is 10.0. The van der Waals surface area contributed by atoms with Gasteiger partial charge in [-0.15, -0.1) is 0 Å². The van der Waals surface area contributed by atoms with Crippen LogP contribution in [0.5, 0.6) is 11.5 Å². The van der Waals surface area contributed by atoms with Crippen molar-refractivity contribution in [2.75, 3.05) is 47.1 Å². The van der Waals surface area contributed by atoms with Gasteiger partial charge in [0.1, 0.15) is 11.5 Å². The lowest BCUT2D eigenvalue weighted by Gasteiger charge is -2.31. The van der Waals surface area contributed by atoms with Gasteiger partial charge < -0.3 is 19.5 Å². The molecule has 1 fully saturated rings. The van der Waals surface area contributed by atoms with E-state index < -0.39 is 0 Å². The summed E-state index contributed by atoms with van der Waals surface area (Å²) in [4.78, 5) is 15.0. The summed E-state index contributed by atoms with van der Waals surface area (Å²) in [6, 6.07) is 13.7. The van der Waals surface area contributed by atoms with E-state index in [1.807, 2.05) is 12.1 Å². The number of benzene rings is 2. The Labute approximate surface area is 178 Å². The predicted molar refractivity (Wildman–Crippen MR) is 118 cm³/mol. The van der Waals surface area contributed by atoms with Crippen LogP contribution in [0.4, 0.5) is 0 Å². The highest BCUT2D eigenvalue weighted by molar-refractivity contribution is 5.92. The molecule has 3 rings (SSSR count). The van der Waals surface area contributed by atoms with Gasteiger partial charge in [0.05, 0.1) is 33.5 Å². The van der Waals surface area contributed by atoms with Crippen molar-refractivity contribution in [1.82, 2.24) is 10.2 Å². The molecule has 0 aliphatic carbocycles. The summed E-state index contributed by atoms with van der Waals surface area (Å²) in [5, 5.41) is 3.16. The largest absolute Gasteiger partial charge is 0.497 e. The van der Waals surface area contributed by atoms with Gasteiger partial charge in [0.15, 0.2) is 0 Å². The molecule has 30 heavy (non-hydrogen) atoms. The molecule has 1 amide bonds. The van der Waals surface area contributed by atoms with Crippen molar-refractivity contribution >= 4 is 12.0 Å². The Hall–Kier alpha value is -2.83. The first kappa shape index (κ1) is 21.9. The number of morpholine rings is 1. The van der Waals surface area contributed by atoms with E-state index in [1.165, 1.54) is 5.56 Å². The van der Waals surface area contributed by atoms with Gasteiger partial charge in [0.2, 0.25) is 5.91 Å². The number of hydrogen-bond donors (Lipinski definition) is 1. The third kappa shape index (κ3) is 6.08. The topological polar surface area (TPSA) is 60.0 Å². The maximum Gasteiger partial charge on any atom is 0.244 e. The zero-order chi connectivity index (χ0) is 21.3. The van der Waals surface area contributed by atoms with Crippen LogP contribution in [0.3, 0.4) is 0 Å². The number of carbonyl (C=O) groups is 1. The average Bonchev–Trinajstić information content (AvgIpc) is 2.78. The van der Waals surface area contributed by atoms with Gasteiger partial charge in [0, 0.05) is 37.3 Å². The van der Waals surface area contributed by atoms with Gasteiger partial charge >= 0.3 is 0 Å². The van der Waals surface area contributed by atoms with Crippen molar-refractivity contribution in [2.45, 2.75) is 13.0 Å². The number of amides is 1. The molecule has 2 aromatic carbocycles. The standard InChI is InChI=1S/C24H30N2O4/c1-18-4-6-19(7-5-18)22(17-26-12-14-30-15-13-26)25-24(27)11-9-20-8-10-21(28-2)16-23(20)29-3/h4-11,16,22H,12-15,17H2,1-3H3,(H,25,27)/b11-9+/t22-/m1/s1. The minimum Gasteiger partial charge on any atom is -0.497 e. The number of methoxy groups -OCH3 is 2. The van der Waals surface area contributed by atoms with Gasteiger partial charge in [-0.3, -0.25) is 9.69 Å². The third-order valence-electron chi connectivity index (χ3n) is 5.20. The highest BCUT2D eigenvalue weighted by Gasteiger charge is 2.19. The number of nitrogens with one attached hydrogen (secondary N) is 1. The van der Waals surface area contributed by atoms with E-state index in [0.717, 1.165) is 44.0 Å². The minimum absolute atomic E-state index is 0.0985. The van der Waals surface area contributed by atoms with Gasteiger partial charge in [-0.05, 0) is 30.7 Å². The first-order chi connectivity index (χ1) is 14.6. The number of rotatable bonds is 8. The van der Waals surface area contributed by atoms with Gasteiger partial charge in [-0.25, -0.2) is 0 Å². The quantitative estimate of drug-likeness (QED) is 0.677. The van der Waals surface area contributed by atoms with E-state index >= 15 is 0 Å². The Morgan fingerprint density at radius 3 is 2.53 bits per heavy atom. The summed E-state index contributed by atoms with van der Waals surface area (Å²) in [7, 11) is 3.21. The molecule has 0 unspecified atom stereocenters. The third-order valence-corrected chi connectivity index (χ3v) is 5.20. The highest BCUT2D eigenvalue weighted by Crippen LogP contribution is 2.25. The molecule has 6 nitrogen and oxygen atoms in total. The van der Waals surface area contributed by atoms with Crippen LogP contribution in [0, 0.1) is 6.92 Å². The molecule has 0 radical (unpaired) electrons. The van der Waals surface area contributed by atoms with E-state index in [4.69, 9.17) is 14.2 Å². The zero-order valence-electron chi connectivity index (χ0n) is 17.9. The second kappa shape index (κ2) is 10.8. The maximum absolute atomic E-state index is 12.7. The molecule has 6 heteroatoms. The van der Waals surface area contributed by atoms with Crippen LogP contribution in [0.2, 0.25) is 0 Å².